The Labute approximate surface area is 409 Å². The van der Waals surface area contributed by atoms with E-state index in [2.05, 4.69) is 88.2 Å². The lowest BCUT2D eigenvalue weighted by molar-refractivity contribution is -0.145. The number of ketones is 1. The van der Waals surface area contributed by atoms with Gasteiger partial charge in [0, 0.05) is 18.6 Å². The molecular formula is C45H43ClN14O5S3. The van der Waals surface area contributed by atoms with Gasteiger partial charge in [-0.3, -0.25) is 19.2 Å². The summed E-state index contributed by atoms with van der Waals surface area (Å²) in [5, 5.41) is 53.4. The average Bonchev–Trinajstić information content (AvgIpc) is 4.06. The van der Waals surface area contributed by atoms with E-state index in [-0.39, 0.29) is 34.7 Å². The van der Waals surface area contributed by atoms with Gasteiger partial charge in [0.05, 0.1) is 56.9 Å². The molecule has 0 radical (unpaired) electrons. The second kappa shape index (κ2) is 31.2. The second-order valence-electron chi connectivity index (χ2n) is 13.4. The highest BCUT2D eigenvalue weighted by atomic mass is 35.5. The Bertz CT molecular complexity index is 2890. The van der Waals surface area contributed by atoms with Gasteiger partial charge in [-0.25, -0.2) is 0 Å². The number of carbonyl (C=O) groups excluding carboxylic acids is 2. The summed E-state index contributed by atoms with van der Waals surface area (Å²) in [6, 6.07) is 37.8. The molecule has 0 aliphatic heterocycles. The van der Waals surface area contributed by atoms with Crippen LogP contribution < -0.4 is 16.9 Å². The molecule has 0 atom stereocenters. The highest BCUT2D eigenvalue weighted by Gasteiger charge is 2.14. The van der Waals surface area contributed by atoms with Crippen molar-refractivity contribution >= 4 is 65.0 Å². The molecule has 4 aromatic heterocycles. The number of ether oxygens (including phenoxy) is 1. The third-order valence-corrected chi connectivity index (χ3v) is 10.00. The molecule has 6 N–H and O–H groups in total. The summed E-state index contributed by atoms with van der Waals surface area (Å²) in [4.78, 5) is 51.1. The van der Waals surface area contributed by atoms with Crippen molar-refractivity contribution in [2.45, 2.75) is 60.7 Å². The Morgan fingerprint density at radius 3 is 1.71 bits per heavy atom. The fraction of sp³-hybridized carbons (Fsp3) is 0.200. The van der Waals surface area contributed by atoms with Crippen molar-refractivity contribution in [1.29, 1.82) is 15.8 Å². The van der Waals surface area contributed by atoms with Crippen molar-refractivity contribution in [3.05, 3.63) is 174 Å². The quantitative estimate of drug-likeness (QED) is 0.0192. The Kier molecular flexibility index (Phi) is 25.0. The van der Waals surface area contributed by atoms with Gasteiger partial charge in [-0.05, 0) is 47.6 Å². The molecule has 4 heterocycles. The number of Topliss-reactive ketones (excluding diaryl/α,β-unsaturated/α-hetero) is 1. The molecule has 68 heavy (non-hydrogen) atoms. The molecule has 3 aromatic carbocycles. The van der Waals surface area contributed by atoms with Crippen LogP contribution in [-0.4, -0.2) is 74.6 Å². The average molecular weight is 992 g/mol. The van der Waals surface area contributed by atoms with Crippen LogP contribution in [0.2, 0.25) is 0 Å². The summed E-state index contributed by atoms with van der Waals surface area (Å²) < 4.78 is 4.69. The first-order valence-corrected chi connectivity index (χ1v) is 22.4. The SMILES string of the molecule is CCOC(=O)CC(=O)Cc1ccccc1.ClCc1nn[nH]n1.N#CCC(N)=S.N#Cc1c(Cc2ccccc2)cc(=O)[nH]c1S.N#Cc1c(Cc2ccccc2)cc(=O)[nH]c1SCc1nn[nH]n1. The van der Waals surface area contributed by atoms with E-state index in [4.69, 9.17) is 32.6 Å². The lowest BCUT2D eigenvalue weighted by Gasteiger charge is -2.08. The summed E-state index contributed by atoms with van der Waals surface area (Å²) in [7, 11) is 0. The van der Waals surface area contributed by atoms with Gasteiger partial charge in [0.1, 0.15) is 24.3 Å². The van der Waals surface area contributed by atoms with Crippen LogP contribution in [-0.2, 0) is 45.2 Å². The fourth-order valence-electron chi connectivity index (χ4n) is 5.41. The number of thioether (sulfide) groups is 1. The van der Waals surface area contributed by atoms with Gasteiger partial charge < -0.3 is 20.4 Å². The number of H-pyrrole nitrogens is 4. The van der Waals surface area contributed by atoms with Crippen molar-refractivity contribution in [3.63, 3.8) is 0 Å². The van der Waals surface area contributed by atoms with Gasteiger partial charge in [-0.2, -0.15) is 26.2 Å². The van der Waals surface area contributed by atoms with Crippen LogP contribution in [0.4, 0.5) is 0 Å². The molecule has 0 unspecified atom stereocenters. The number of nitrogens with zero attached hydrogens (tertiary/aromatic N) is 9. The van der Waals surface area contributed by atoms with Gasteiger partial charge >= 0.3 is 5.97 Å². The van der Waals surface area contributed by atoms with E-state index < -0.39 is 5.97 Å². The number of nitrogens with two attached hydrogens (primary N) is 1. The monoisotopic (exact) mass is 990 g/mol. The summed E-state index contributed by atoms with van der Waals surface area (Å²) >= 11 is 15.0. The number of halogens is 1. The largest absolute Gasteiger partial charge is 0.466 e. The second-order valence-corrected chi connectivity index (χ2v) is 15.6. The number of thiocarbonyl (C=S) groups is 1. The van der Waals surface area contributed by atoms with Crippen LogP contribution in [0.15, 0.2) is 123 Å². The van der Waals surface area contributed by atoms with Crippen LogP contribution in [0.25, 0.3) is 0 Å². The maximum absolute atomic E-state index is 11.9. The van der Waals surface area contributed by atoms with E-state index >= 15 is 0 Å². The van der Waals surface area contributed by atoms with Crippen molar-refractivity contribution in [2.24, 2.45) is 5.73 Å². The normalized spacial score (nSPS) is 9.65. The standard InChI is InChI=1S/C15H12N6OS.C13H10N2OS.C12H14O3.C3H4N2S.C2H3ClN4/c16-8-12-11(6-10-4-2-1-3-5-10)7-14(22)17-15(12)23-9-13-18-20-21-19-13;14-8-11-10(7-12(16)15-13(11)17)6-9-4-2-1-3-5-9;1-2-15-12(14)9-11(13)8-10-6-4-3-5-7-10;4-2-1-3(5)6;3-1-2-4-6-7-5-2/h1-5,7H,6,9H2,(H,17,22)(H,18,19,20,21);1-5,7H,6H2,(H2,15,16,17);3-7H,2,8-9H2,1H3;1H2,(H2,5,6);1H2,(H,4,5,6,7). The topological polar surface area (TPSA) is 315 Å². The highest BCUT2D eigenvalue weighted by Crippen LogP contribution is 2.25. The Morgan fingerprint density at radius 2 is 1.28 bits per heavy atom. The number of thiol groups is 1. The van der Waals surface area contributed by atoms with Gasteiger partial charge in [-0.15, -0.1) is 44.6 Å². The lowest BCUT2D eigenvalue weighted by atomic mass is 10.0. The minimum atomic E-state index is -0.446. The Hall–Kier alpha value is -7.81. The first kappa shape index (κ1) is 54.5. The highest BCUT2D eigenvalue weighted by molar-refractivity contribution is 7.98. The van der Waals surface area contributed by atoms with Crippen LogP contribution in [0.5, 0.6) is 0 Å². The van der Waals surface area contributed by atoms with Gasteiger partial charge in [-0.1, -0.05) is 125 Å². The van der Waals surface area contributed by atoms with Crippen molar-refractivity contribution in [3.8, 4) is 18.2 Å². The number of carbonyl (C=O) groups is 2. The number of nitriles is 3. The van der Waals surface area contributed by atoms with E-state index in [0.717, 1.165) is 16.7 Å². The number of hydrogen-bond donors (Lipinski definition) is 6. The molecule has 0 aliphatic rings. The third-order valence-electron chi connectivity index (χ3n) is 8.28. The smallest absolute Gasteiger partial charge is 0.313 e. The van der Waals surface area contributed by atoms with Crippen LogP contribution in [0.3, 0.4) is 0 Å². The van der Waals surface area contributed by atoms with Gasteiger partial charge in [0.25, 0.3) is 0 Å². The number of hydrogen-bond acceptors (Lipinski definition) is 17. The summed E-state index contributed by atoms with van der Waals surface area (Å²) in [6.45, 7) is 2.04. The summed E-state index contributed by atoms with van der Waals surface area (Å²) in [5.74, 6) is 1.21. The first-order valence-electron chi connectivity index (χ1n) is 20.0. The molecule has 348 valence electrons. The molecule has 0 aliphatic carbocycles. The predicted molar refractivity (Wildman–Crippen MR) is 260 cm³/mol. The molecule has 0 saturated carbocycles. The Morgan fingerprint density at radius 1 is 0.779 bits per heavy atom. The van der Waals surface area contributed by atoms with E-state index in [1.165, 1.54) is 23.9 Å². The minimum absolute atomic E-state index is 0.111. The number of alkyl halides is 1. The maximum Gasteiger partial charge on any atom is 0.313 e. The number of nitrogens with one attached hydrogen (secondary N) is 4. The lowest BCUT2D eigenvalue weighted by Crippen LogP contribution is -2.12. The molecule has 23 heteroatoms. The summed E-state index contributed by atoms with van der Waals surface area (Å²) in [6.07, 6.45) is 1.43. The van der Waals surface area contributed by atoms with Crippen molar-refractivity contribution < 1.29 is 14.3 Å². The zero-order valence-electron chi connectivity index (χ0n) is 36.3. The molecule has 0 fully saturated rings. The molecule has 0 amide bonds. The molecule has 7 rings (SSSR count). The van der Waals surface area contributed by atoms with E-state index in [9.17, 15) is 24.4 Å². The number of esters is 1. The van der Waals surface area contributed by atoms with E-state index in [1.54, 1.807) is 13.0 Å². The molecule has 7 aromatic rings. The first-order chi connectivity index (χ1) is 32.9. The molecule has 0 saturated heterocycles. The third kappa shape index (κ3) is 21.0. The fourth-order valence-corrected chi connectivity index (χ4v) is 6.78. The number of rotatable bonds is 14. The zero-order valence-corrected chi connectivity index (χ0v) is 39.5. The number of pyridine rings is 2. The molecule has 0 bridgehead atoms. The summed E-state index contributed by atoms with van der Waals surface area (Å²) in [5.41, 5.74) is 9.78. The van der Waals surface area contributed by atoms with E-state index in [1.807, 2.05) is 91.0 Å². The van der Waals surface area contributed by atoms with Crippen molar-refractivity contribution in [1.82, 2.24) is 51.2 Å². The number of tetrazole rings is 2. The number of aromatic amines is 4. The number of aromatic nitrogens is 10. The van der Waals surface area contributed by atoms with Crippen LogP contribution in [0.1, 0.15) is 70.4 Å². The minimum Gasteiger partial charge on any atom is -0.466 e. The van der Waals surface area contributed by atoms with Crippen LogP contribution in [0, 0.1) is 34.0 Å². The van der Waals surface area contributed by atoms with Crippen molar-refractivity contribution in [2.75, 3.05) is 6.61 Å². The molecule has 19 nitrogen and oxygen atoms in total. The molecule has 0 spiro atoms. The van der Waals surface area contributed by atoms with Gasteiger partial charge in [0.15, 0.2) is 11.6 Å². The molecular weight excluding hydrogens is 948 g/mol. The zero-order chi connectivity index (χ0) is 49.5. The Balaban J connectivity index is 0.000000243. The van der Waals surface area contributed by atoms with Crippen LogP contribution >= 0.6 is 48.2 Å². The maximum atomic E-state index is 11.9. The van der Waals surface area contributed by atoms with E-state index in [0.29, 0.717) is 81.5 Å². The number of benzene rings is 3. The van der Waals surface area contributed by atoms with Gasteiger partial charge in [0.2, 0.25) is 11.1 Å². The predicted octanol–water partition coefficient (Wildman–Crippen LogP) is 5.64.